The summed E-state index contributed by atoms with van der Waals surface area (Å²) in [6.45, 7) is 1.39. The first-order valence-corrected chi connectivity index (χ1v) is 9.25. The topological polar surface area (TPSA) is 75.1 Å². The number of hydrogen-bond donors (Lipinski definition) is 2. The zero-order valence-electron chi connectivity index (χ0n) is 14.7. The summed E-state index contributed by atoms with van der Waals surface area (Å²) < 4.78 is 1.94. The third kappa shape index (κ3) is 3.21. The van der Waals surface area contributed by atoms with E-state index < -0.39 is 0 Å². The third-order valence-electron chi connectivity index (χ3n) is 4.18. The van der Waals surface area contributed by atoms with Crippen molar-refractivity contribution in [3.8, 4) is 16.3 Å². The van der Waals surface area contributed by atoms with E-state index in [-0.39, 0.29) is 6.03 Å². The Morgan fingerprint density at radius 2 is 2.12 bits per heavy atom. The maximum atomic E-state index is 12.0. The summed E-state index contributed by atoms with van der Waals surface area (Å²) in [4.78, 5) is 19.7. The molecule has 0 saturated heterocycles. The van der Waals surface area contributed by atoms with E-state index in [0.29, 0.717) is 11.7 Å². The molecule has 0 unspecified atom stereocenters. The van der Waals surface area contributed by atoms with Crippen molar-refractivity contribution in [1.82, 2.24) is 25.0 Å². The molecular formula is C18H20N6OS. The van der Waals surface area contributed by atoms with Crippen LogP contribution in [0, 0.1) is 0 Å². The van der Waals surface area contributed by atoms with E-state index in [1.807, 2.05) is 60.2 Å². The van der Waals surface area contributed by atoms with Crippen LogP contribution in [0.1, 0.15) is 11.3 Å². The quantitative estimate of drug-likeness (QED) is 0.568. The molecule has 0 fully saturated rings. The van der Waals surface area contributed by atoms with E-state index >= 15 is 0 Å². The summed E-state index contributed by atoms with van der Waals surface area (Å²) in [6, 6.07) is 9.82. The highest BCUT2D eigenvalue weighted by Gasteiger charge is 2.28. The number of likely N-dealkylation sites (N-methyl/N-ethyl adjacent to an activating group) is 1. The summed E-state index contributed by atoms with van der Waals surface area (Å²) in [6.07, 6.45) is 2.65. The second kappa shape index (κ2) is 6.89. The number of carbonyl (C=O) groups excluding carboxylic acids is 1. The lowest BCUT2D eigenvalue weighted by atomic mass is 10.2. The Kier molecular flexibility index (Phi) is 4.44. The fourth-order valence-corrected chi connectivity index (χ4v) is 3.99. The molecule has 0 saturated carbocycles. The average Bonchev–Trinajstić information content (AvgIpc) is 3.26. The van der Waals surface area contributed by atoms with Crippen LogP contribution in [0.3, 0.4) is 0 Å². The molecule has 7 nitrogen and oxygen atoms in total. The second-order valence-corrected chi connectivity index (χ2v) is 7.42. The average molecular weight is 368 g/mol. The van der Waals surface area contributed by atoms with Crippen LogP contribution in [0.15, 0.2) is 36.5 Å². The van der Waals surface area contributed by atoms with Crippen LogP contribution in [0.2, 0.25) is 0 Å². The number of thiazole rings is 1. The summed E-state index contributed by atoms with van der Waals surface area (Å²) >= 11 is 1.49. The number of fused-ring (bicyclic) bond motifs is 3. The number of nitrogens with zero attached hydrogens (tertiary/aromatic N) is 4. The van der Waals surface area contributed by atoms with E-state index in [4.69, 9.17) is 0 Å². The van der Waals surface area contributed by atoms with Crippen LogP contribution < -0.4 is 10.6 Å². The number of carbonyl (C=O) groups is 1. The Bertz CT molecular complexity index is 931. The lowest BCUT2D eigenvalue weighted by Gasteiger charge is -2.10. The largest absolute Gasteiger partial charge is 0.337 e. The third-order valence-corrected chi connectivity index (χ3v) is 5.20. The minimum atomic E-state index is -0.226. The van der Waals surface area contributed by atoms with Gasteiger partial charge in [0.25, 0.3) is 0 Å². The molecule has 0 atom stereocenters. The van der Waals surface area contributed by atoms with Crippen molar-refractivity contribution in [3.05, 3.63) is 47.8 Å². The van der Waals surface area contributed by atoms with Crippen molar-refractivity contribution in [2.75, 3.05) is 32.5 Å². The van der Waals surface area contributed by atoms with Crippen LogP contribution in [0.25, 0.3) is 16.3 Å². The fraction of sp³-hybridized carbons (Fsp3) is 0.278. The van der Waals surface area contributed by atoms with Gasteiger partial charge in [0.1, 0.15) is 0 Å². The van der Waals surface area contributed by atoms with Crippen LogP contribution >= 0.6 is 11.3 Å². The SMILES string of the molecule is CN(C)CCNC(=O)Nc1nc2c(s1)-c1c(cnn1-c1ccccc1)C2. The molecule has 26 heavy (non-hydrogen) atoms. The van der Waals surface area contributed by atoms with Gasteiger partial charge in [0, 0.05) is 25.1 Å². The van der Waals surface area contributed by atoms with Crippen molar-refractivity contribution in [3.63, 3.8) is 0 Å². The first kappa shape index (κ1) is 16.7. The van der Waals surface area contributed by atoms with E-state index in [0.717, 1.165) is 34.9 Å². The van der Waals surface area contributed by atoms with Gasteiger partial charge in [-0.1, -0.05) is 29.5 Å². The summed E-state index contributed by atoms with van der Waals surface area (Å²) in [5.74, 6) is 0. The summed E-state index contributed by atoms with van der Waals surface area (Å²) in [5.41, 5.74) is 4.26. The van der Waals surface area contributed by atoms with E-state index in [2.05, 4.69) is 20.7 Å². The Morgan fingerprint density at radius 1 is 1.31 bits per heavy atom. The molecule has 8 heteroatoms. The molecular weight excluding hydrogens is 348 g/mol. The van der Waals surface area contributed by atoms with Crippen LogP contribution in [-0.4, -0.2) is 52.9 Å². The van der Waals surface area contributed by atoms with Gasteiger partial charge in [0.05, 0.1) is 28.1 Å². The highest BCUT2D eigenvalue weighted by atomic mass is 32.1. The molecule has 0 spiro atoms. The van der Waals surface area contributed by atoms with Gasteiger partial charge in [-0.2, -0.15) is 5.10 Å². The molecule has 2 heterocycles. The Labute approximate surface area is 155 Å². The normalized spacial score (nSPS) is 12.1. The number of hydrogen-bond acceptors (Lipinski definition) is 5. The van der Waals surface area contributed by atoms with Gasteiger partial charge < -0.3 is 10.2 Å². The minimum Gasteiger partial charge on any atom is -0.337 e. The number of rotatable bonds is 5. The molecule has 4 rings (SSSR count). The second-order valence-electron chi connectivity index (χ2n) is 6.42. The van der Waals surface area contributed by atoms with Crippen molar-refractivity contribution in [2.45, 2.75) is 6.42 Å². The standard InChI is InChI=1S/C18H20N6OS/c1-23(2)9-8-19-17(25)22-18-21-14-10-12-11-20-24(15(12)16(14)26-18)13-6-4-3-5-7-13/h3-7,11H,8-10H2,1-2H3,(H2,19,21,22,25). The Hall–Kier alpha value is -2.71. The Balaban J connectivity index is 1.52. The van der Waals surface area contributed by atoms with Crippen molar-refractivity contribution in [1.29, 1.82) is 0 Å². The Morgan fingerprint density at radius 3 is 2.88 bits per heavy atom. The molecule has 3 aromatic rings. The molecule has 1 aliphatic rings. The fourth-order valence-electron chi connectivity index (χ4n) is 2.94. The molecule has 0 radical (unpaired) electrons. The van der Waals surface area contributed by atoms with Crippen molar-refractivity contribution in [2.24, 2.45) is 0 Å². The molecule has 2 amide bonds. The van der Waals surface area contributed by atoms with E-state index in [9.17, 15) is 4.79 Å². The number of urea groups is 1. The van der Waals surface area contributed by atoms with Gasteiger partial charge in [-0.15, -0.1) is 0 Å². The molecule has 2 aromatic heterocycles. The maximum absolute atomic E-state index is 12.0. The highest BCUT2D eigenvalue weighted by Crippen LogP contribution is 2.42. The lowest BCUT2D eigenvalue weighted by Crippen LogP contribution is -2.34. The number of aromatic nitrogens is 3. The van der Waals surface area contributed by atoms with Gasteiger partial charge in [-0.3, -0.25) is 5.32 Å². The summed E-state index contributed by atoms with van der Waals surface area (Å²) in [5, 5.41) is 10.8. The van der Waals surface area contributed by atoms with Crippen LogP contribution in [0.4, 0.5) is 9.93 Å². The van der Waals surface area contributed by atoms with Crippen LogP contribution in [0.5, 0.6) is 0 Å². The molecule has 1 aliphatic carbocycles. The van der Waals surface area contributed by atoms with E-state index in [1.54, 1.807) is 0 Å². The number of para-hydroxylation sites is 1. The maximum Gasteiger partial charge on any atom is 0.321 e. The molecule has 1 aromatic carbocycles. The first-order valence-electron chi connectivity index (χ1n) is 8.44. The zero-order chi connectivity index (χ0) is 18.1. The molecule has 134 valence electrons. The lowest BCUT2D eigenvalue weighted by molar-refractivity contribution is 0.250. The van der Waals surface area contributed by atoms with Crippen LogP contribution in [-0.2, 0) is 6.42 Å². The molecule has 2 N–H and O–H groups in total. The van der Waals surface area contributed by atoms with Gasteiger partial charge >= 0.3 is 6.03 Å². The van der Waals surface area contributed by atoms with Gasteiger partial charge in [-0.25, -0.2) is 14.5 Å². The molecule has 0 bridgehead atoms. The van der Waals surface area contributed by atoms with Crippen molar-refractivity contribution >= 4 is 22.5 Å². The number of amides is 2. The zero-order valence-corrected chi connectivity index (χ0v) is 15.5. The predicted molar refractivity (Wildman–Crippen MR) is 103 cm³/mol. The number of benzene rings is 1. The minimum absolute atomic E-state index is 0.226. The number of anilines is 1. The van der Waals surface area contributed by atoms with Gasteiger partial charge in [0.2, 0.25) is 0 Å². The smallest absolute Gasteiger partial charge is 0.321 e. The van der Waals surface area contributed by atoms with Gasteiger partial charge in [0.15, 0.2) is 5.13 Å². The molecule has 0 aliphatic heterocycles. The predicted octanol–water partition coefficient (Wildman–Crippen LogP) is 2.58. The monoisotopic (exact) mass is 368 g/mol. The van der Waals surface area contributed by atoms with E-state index in [1.165, 1.54) is 16.9 Å². The number of nitrogens with one attached hydrogen (secondary N) is 2. The van der Waals surface area contributed by atoms with Gasteiger partial charge in [-0.05, 0) is 26.2 Å². The van der Waals surface area contributed by atoms with Crippen molar-refractivity contribution < 1.29 is 4.79 Å². The highest BCUT2D eigenvalue weighted by molar-refractivity contribution is 7.19. The summed E-state index contributed by atoms with van der Waals surface area (Å²) in [7, 11) is 3.94. The first-order chi connectivity index (χ1) is 12.6.